The van der Waals surface area contributed by atoms with E-state index in [2.05, 4.69) is 65.9 Å². The molecule has 96 valence electrons. The molecule has 19 heavy (non-hydrogen) atoms. The maximum Gasteiger partial charge on any atom is 0.182 e. The number of nitrogens with zero attached hydrogens (tertiary/aromatic N) is 1. The van der Waals surface area contributed by atoms with Crippen LogP contribution in [0.3, 0.4) is 0 Å². The van der Waals surface area contributed by atoms with Crippen molar-refractivity contribution >= 4 is 23.3 Å². The number of H-pyrrole nitrogens is 1. The summed E-state index contributed by atoms with van der Waals surface area (Å²) in [6, 6.07) is 14.8. The highest BCUT2D eigenvalue weighted by Crippen LogP contribution is 2.22. The monoisotopic (exact) mass is 268 g/mol. The number of hydrogen-bond acceptors (Lipinski definition) is 1. The molecule has 3 aromatic rings. The Kier molecular flexibility index (Phi) is 2.99. The number of hydrogen-bond donors (Lipinski definition) is 1. The Labute approximate surface area is 117 Å². The lowest BCUT2D eigenvalue weighted by atomic mass is 10.1. The van der Waals surface area contributed by atoms with E-state index in [-0.39, 0.29) is 0 Å². The van der Waals surface area contributed by atoms with Gasteiger partial charge in [0.1, 0.15) is 0 Å². The van der Waals surface area contributed by atoms with Gasteiger partial charge in [0.25, 0.3) is 0 Å². The third-order valence-electron chi connectivity index (χ3n) is 3.50. The second-order valence-corrected chi connectivity index (χ2v) is 5.14. The summed E-state index contributed by atoms with van der Waals surface area (Å²) < 4.78 is 2.86. The molecular formula is C16H16N2S. The van der Waals surface area contributed by atoms with E-state index in [1.165, 1.54) is 11.1 Å². The Balaban J connectivity index is 2.33. The van der Waals surface area contributed by atoms with Gasteiger partial charge in [-0.05, 0) is 54.9 Å². The minimum atomic E-state index is 0.748. The molecule has 0 saturated heterocycles. The Morgan fingerprint density at radius 3 is 2.74 bits per heavy atom. The predicted molar refractivity (Wildman–Crippen MR) is 82.6 cm³/mol. The van der Waals surface area contributed by atoms with Crippen LogP contribution in [0.1, 0.15) is 18.1 Å². The zero-order valence-corrected chi connectivity index (χ0v) is 11.9. The largest absolute Gasteiger partial charge is 0.330 e. The molecule has 1 heterocycles. The molecule has 0 aliphatic heterocycles. The smallest absolute Gasteiger partial charge is 0.182 e. The third kappa shape index (κ3) is 2.00. The van der Waals surface area contributed by atoms with Crippen molar-refractivity contribution in [2.24, 2.45) is 0 Å². The minimum absolute atomic E-state index is 0.748. The van der Waals surface area contributed by atoms with Crippen LogP contribution in [-0.2, 0) is 6.42 Å². The average Bonchev–Trinajstić information content (AvgIpc) is 2.77. The molecule has 0 amide bonds. The van der Waals surface area contributed by atoms with Gasteiger partial charge in [0, 0.05) is 5.69 Å². The van der Waals surface area contributed by atoms with Crippen LogP contribution in [0.5, 0.6) is 0 Å². The van der Waals surface area contributed by atoms with E-state index in [0.717, 1.165) is 27.9 Å². The summed E-state index contributed by atoms with van der Waals surface area (Å²) in [5, 5.41) is 0. The van der Waals surface area contributed by atoms with Crippen molar-refractivity contribution in [1.29, 1.82) is 0 Å². The molecule has 0 aliphatic rings. The topological polar surface area (TPSA) is 20.7 Å². The molecule has 1 aromatic heterocycles. The van der Waals surface area contributed by atoms with E-state index >= 15 is 0 Å². The number of aromatic amines is 1. The van der Waals surface area contributed by atoms with Crippen molar-refractivity contribution in [3.8, 4) is 5.69 Å². The van der Waals surface area contributed by atoms with Gasteiger partial charge in [-0.25, -0.2) is 0 Å². The number of imidazole rings is 1. The van der Waals surface area contributed by atoms with Crippen molar-refractivity contribution < 1.29 is 0 Å². The Bertz CT molecular complexity index is 796. The highest BCUT2D eigenvalue weighted by Gasteiger charge is 2.08. The average molecular weight is 268 g/mol. The normalized spacial score (nSPS) is 11.1. The van der Waals surface area contributed by atoms with Crippen LogP contribution in [0.25, 0.3) is 16.7 Å². The maximum atomic E-state index is 5.48. The van der Waals surface area contributed by atoms with Crippen LogP contribution in [0.2, 0.25) is 0 Å². The SMILES string of the molecule is CCc1cccc(-n2c(=S)[nH]c3c(C)cccc32)c1. The third-order valence-corrected chi connectivity index (χ3v) is 3.79. The van der Waals surface area contributed by atoms with Crippen molar-refractivity contribution in [3.63, 3.8) is 0 Å². The molecule has 3 rings (SSSR count). The number of aromatic nitrogens is 2. The molecule has 0 radical (unpaired) electrons. The van der Waals surface area contributed by atoms with E-state index in [1.807, 2.05) is 0 Å². The van der Waals surface area contributed by atoms with Crippen LogP contribution >= 0.6 is 12.2 Å². The van der Waals surface area contributed by atoms with E-state index in [9.17, 15) is 0 Å². The molecule has 0 spiro atoms. The van der Waals surface area contributed by atoms with Gasteiger partial charge in [-0.2, -0.15) is 0 Å². The minimum Gasteiger partial charge on any atom is -0.330 e. The first-order valence-corrected chi connectivity index (χ1v) is 6.91. The quantitative estimate of drug-likeness (QED) is 0.676. The predicted octanol–water partition coefficient (Wildman–Crippen LogP) is 4.56. The van der Waals surface area contributed by atoms with E-state index in [0.29, 0.717) is 0 Å². The lowest BCUT2D eigenvalue weighted by molar-refractivity contribution is 1.05. The molecule has 0 fully saturated rings. The first-order chi connectivity index (χ1) is 9.20. The van der Waals surface area contributed by atoms with E-state index < -0.39 is 0 Å². The molecule has 0 unspecified atom stereocenters. The fraction of sp³-hybridized carbons (Fsp3) is 0.188. The molecule has 3 heteroatoms. The number of para-hydroxylation sites is 1. The van der Waals surface area contributed by atoms with Gasteiger partial charge in [-0.1, -0.05) is 31.2 Å². The van der Waals surface area contributed by atoms with Crippen LogP contribution < -0.4 is 0 Å². The van der Waals surface area contributed by atoms with E-state index in [1.54, 1.807) is 0 Å². The highest BCUT2D eigenvalue weighted by molar-refractivity contribution is 7.71. The van der Waals surface area contributed by atoms with Gasteiger partial charge in [0.15, 0.2) is 4.77 Å². The van der Waals surface area contributed by atoms with Gasteiger partial charge in [-0.3, -0.25) is 4.57 Å². The summed E-state index contributed by atoms with van der Waals surface area (Å²) >= 11 is 5.48. The number of rotatable bonds is 2. The van der Waals surface area contributed by atoms with Gasteiger partial charge in [0.2, 0.25) is 0 Å². The molecule has 0 saturated carbocycles. The Morgan fingerprint density at radius 1 is 1.16 bits per heavy atom. The molecule has 2 aromatic carbocycles. The summed E-state index contributed by atoms with van der Waals surface area (Å²) in [6.45, 7) is 4.26. The molecule has 0 aliphatic carbocycles. The molecule has 1 N–H and O–H groups in total. The standard InChI is InChI=1S/C16H16N2S/c1-3-12-7-5-8-13(10-12)18-14-9-4-6-11(2)15(14)17-16(18)19/h4-10H,3H2,1-2H3,(H,17,19). The van der Waals surface area contributed by atoms with Crippen LogP contribution in [0.15, 0.2) is 42.5 Å². The second kappa shape index (κ2) is 4.67. The van der Waals surface area contributed by atoms with Crippen molar-refractivity contribution in [2.45, 2.75) is 20.3 Å². The number of benzene rings is 2. The van der Waals surface area contributed by atoms with Crippen molar-refractivity contribution in [2.75, 3.05) is 0 Å². The first-order valence-electron chi connectivity index (χ1n) is 6.50. The van der Waals surface area contributed by atoms with Gasteiger partial charge < -0.3 is 4.98 Å². The van der Waals surface area contributed by atoms with Gasteiger partial charge in [0.05, 0.1) is 11.0 Å². The van der Waals surface area contributed by atoms with Gasteiger partial charge in [-0.15, -0.1) is 0 Å². The summed E-state index contributed by atoms with van der Waals surface area (Å²) in [4.78, 5) is 3.31. The fourth-order valence-corrected chi connectivity index (χ4v) is 2.75. The Morgan fingerprint density at radius 2 is 1.95 bits per heavy atom. The highest BCUT2D eigenvalue weighted by atomic mass is 32.1. The van der Waals surface area contributed by atoms with Crippen LogP contribution in [0.4, 0.5) is 0 Å². The Hall–Kier alpha value is -1.87. The van der Waals surface area contributed by atoms with Gasteiger partial charge >= 0.3 is 0 Å². The molecule has 0 atom stereocenters. The lowest BCUT2D eigenvalue weighted by Gasteiger charge is -2.06. The fourth-order valence-electron chi connectivity index (χ4n) is 2.45. The summed E-state index contributed by atoms with van der Waals surface area (Å²) in [7, 11) is 0. The second-order valence-electron chi connectivity index (χ2n) is 4.76. The zero-order chi connectivity index (χ0) is 13.4. The van der Waals surface area contributed by atoms with E-state index in [4.69, 9.17) is 12.2 Å². The summed E-state index contributed by atoms with van der Waals surface area (Å²) in [5.74, 6) is 0. The first kappa shape index (κ1) is 12.2. The number of nitrogens with one attached hydrogen (secondary N) is 1. The summed E-state index contributed by atoms with van der Waals surface area (Å²) in [6.07, 6.45) is 1.03. The maximum absolute atomic E-state index is 5.48. The zero-order valence-electron chi connectivity index (χ0n) is 11.1. The molecule has 0 bridgehead atoms. The lowest BCUT2D eigenvalue weighted by Crippen LogP contribution is -1.95. The van der Waals surface area contributed by atoms with Crippen LogP contribution in [-0.4, -0.2) is 9.55 Å². The van der Waals surface area contributed by atoms with Crippen molar-refractivity contribution in [1.82, 2.24) is 9.55 Å². The van der Waals surface area contributed by atoms with Crippen LogP contribution in [0, 0.1) is 11.7 Å². The molecular weight excluding hydrogens is 252 g/mol. The van der Waals surface area contributed by atoms with Crippen molar-refractivity contribution in [3.05, 3.63) is 58.4 Å². The summed E-state index contributed by atoms with van der Waals surface area (Å²) in [5.41, 5.74) is 5.92. The number of aryl methyl sites for hydroxylation is 2. The molecule has 2 nitrogen and oxygen atoms in total. The number of fused-ring (bicyclic) bond motifs is 1.